The van der Waals surface area contributed by atoms with Gasteiger partial charge in [-0.05, 0) is 40.2 Å². The Labute approximate surface area is 132 Å². The van der Waals surface area contributed by atoms with Crippen LogP contribution in [0.4, 0.5) is 11.5 Å². The zero-order chi connectivity index (χ0) is 13.3. The molecule has 0 aliphatic heterocycles. The van der Waals surface area contributed by atoms with Crippen LogP contribution in [0.5, 0.6) is 0 Å². The molecule has 2 nitrogen and oxygen atoms in total. The number of halogens is 5. The SMILES string of the molecule is Clc1ccc(Nc2nc(Cl)c(Cl)cc2Cl)c(Br)c1. The quantitative estimate of drug-likeness (QED) is 0.621. The molecule has 0 atom stereocenters. The fraction of sp³-hybridized carbons (Fsp3) is 0. The van der Waals surface area contributed by atoms with Crippen molar-refractivity contribution >= 4 is 73.8 Å². The van der Waals surface area contributed by atoms with Crippen LogP contribution in [-0.2, 0) is 0 Å². The zero-order valence-corrected chi connectivity index (χ0v) is 13.3. The first-order valence-electron chi connectivity index (χ1n) is 4.71. The summed E-state index contributed by atoms with van der Waals surface area (Å²) in [4.78, 5) is 4.07. The summed E-state index contributed by atoms with van der Waals surface area (Å²) in [5, 5.41) is 4.55. The highest BCUT2D eigenvalue weighted by molar-refractivity contribution is 9.10. The highest BCUT2D eigenvalue weighted by Gasteiger charge is 2.09. The van der Waals surface area contributed by atoms with E-state index >= 15 is 0 Å². The van der Waals surface area contributed by atoms with E-state index in [4.69, 9.17) is 46.4 Å². The maximum Gasteiger partial charge on any atom is 0.151 e. The summed E-state index contributed by atoms with van der Waals surface area (Å²) >= 11 is 26.9. The van der Waals surface area contributed by atoms with E-state index in [-0.39, 0.29) is 5.15 Å². The molecule has 0 saturated heterocycles. The Morgan fingerprint density at radius 2 is 1.72 bits per heavy atom. The highest BCUT2D eigenvalue weighted by atomic mass is 79.9. The average molecular weight is 387 g/mol. The first-order valence-corrected chi connectivity index (χ1v) is 7.01. The van der Waals surface area contributed by atoms with Crippen molar-refractivity contribution in [2.24, 2.45) is 0 Å². The third kappa shape index (κ3) is 3.22. The number of anilines is 2. The van der Waals surface area contributed by atoms with Gasteiger partial charge in [0, 0.05) is 9.50 Å². The van der Waals surface area contributed by atoms with Crippen molar-refractivity contribution in [1.29, 1.82) is 0 Å². The smallest absolute Gasteiger partial charge is 0.151 e. The number of nitrogens with one attached hydrogen (secondary N) is 1. The number of hydrogen-bond acceptors (Lipinski definition) is 2. The molecule has 18 heavy (non-hydrogen) atoms. The summed E-state index contributed by atoms with van der Waals surface area (Å²) in [7, 11) is 0. The van der Waals surface area contributed by atoms with Gasteiger partial charge in [0.25, 0.3) is 0 Å². The summed E-state index contributed by atoms with van der Waals surface area (Å²) in [5.74, 6) is 0.425. The Morgan fingerprint density at radius 1 is 1.00 bits per heavy atom. The Bertz CT molecular complexity index is 604. The molecule has 0 amide bonds. The highest BCUT2D eigenvalue weighted by Crippen LogP contribution is 2.33. The molecule has 7 heteroatoms. The van der Waals surface area contributed by atoms with E-state index in [0.717, 1.165) is 10.2 Å². The minimum absolute atomic E-state index is 0.189. The molecule has 2 rings (SSSR count). The van der Waals surface area contributed by atoms with Gasteiger partial charge in [-0.1, -0.05) is 46.4 Å². The Hall–Kier alpha value is -0.190. The van der Waals surface area contributed by atoms with Gasteiger partial charge in [-0.3, -0.25) is 0 Å². The maximum absolute atomic E-state index is 6.03. The summed E-state index contributed by atoms with van der Waals surface area (Å²) in [6.07, 6.45) is 0. The van der Waals surface area contributed by atoms with Crippen molar-refractivity contribution in [3.63, 3.8) is 0 Å². The number of hydrogen-bond donors (Lipinski definition) is 1. The summed E-state index contributed by atoms with van der Waals surface area (Å²) in [5.41, 5.74) is 0.771. The van der Waals surface area contributed by atoms with E-state index in [0.29, 0.717) is 20.9 Å². The largest absolute Gasteiger partial charge is 0.338 e. The lowest BCUT2D eigenvalue weighted by Gasteiger charge is -2.10. The van der Waals surface area contributed by atoms with Gasteiger partial charge in [0.15, 0.2) is 5.82 Å². The second kappa shape index (κ2) is 5.85. The van der Waals surface area contributed by atoms with Gasteiger partial charge in [-0.25, -0.2) is 4.98 Å². The molecule has 0 spiro atoms. The van der Waals surface area contributed by atoms with E-state index in [1.54, 1.807) is 18.2 Å². The first kappa shape index (κ1) is 14.2. The van der Waals surface area contributed by atoms with Crippen molar-refractivity contribution in [2.75, 3.05) is 5.32 Å². The minimum Gasteiger partial charge on any atom is -0.338 e. The lowest BCUT2D eigenvalue weighted by Crippen LogP contribution is -1.96. The number of pyridine rings is 1. The summed E-state index contributed by atoms with van der Waals surface area (Å²) < 4.78 is 0.791. The molecule has 2 aromatic rings. The molecule has 0 aliphatic carbocycles. The van der Waals surface area contributed by atoms with E-state index in [1.807, 2.05) is 0 Å². The summed E-state index contributed by atoms with van der Waals surface area (Å²) in [6.45, 7) is 0. The van der Waals surface area contributed by atoms with Crippen LogP contribution in [0.2, 0.25) is 20.2 Å². The monoisotopic (exact) mass is 384 g/mol. The van der Waals surface area contributed by atoms with Gasteiger partial charge >= 0.3 is 0 Å². The molecule has 0 saturated carbocycles. The third-order valence-electron chi connectivity index (χ3n) is 2.07. The van der Waals surface area contributed by atoms with Crippen LogP contribution >= 0.6 is 62.3 Å². The molecule has 1 aromatic carbocycles. The van der Waals surface area contributed by atoms with Gasteiger partial charge < -0.3 is 5.32 Å². The number of benzene rings is 1. The average Bonchev–Trinajstić information content (AvgIpc) is 2.29. The maximum atomic E-state index is 6.03. The van der Waals surface area contributed by atoms with E-state index in [2.05, 4.69) is 26.2 Å². The minimum atomic E-state index is 0.189. The lowest BCUT2D eigenvalue weighted by molar-refractivity contribution is 1.30. The predicted molar refractivity (Wildman–Crippen MR) is 81.7 cm³/mol. The van der Waals surface area contributed by atoms with Crippen molar-refractivity contribution in [3.8, 4) is 0 Å². The number of aromatic nitrogens is 1. The van der Waals surface area contributed by atoms with Gasteiger partial charge in [-0.15, -0.1) is 0 Å². The molecule has 0 fully saturated rings. The van der Waals surface area contributed by atoms with E-state index in [9.17, 15) is 0 Å². The molecule has 0 radical (unpaired) electrons. The van der Waals surface area contributed by atoms with Crippen molar-refractivity contribution < 1.29 is 0 Å². The molecular weight excluding hydrogens is 382 g/mol. The fourth-order valence-electron chi connectivity index (χ4n) is 1.25. The van der Waals surface area contributed by atoms with Gasteiger partial charge in [0.05, 0.1) is 15.7 Å². The standard InChI is InChI=1S/C11H5BrCl4N2/c12-6-3-5(13)1-2-9(6)17-11-8(15)4-7(14)10(16)18-11/h1-4H,(H,17,18). The Balaban J connectivity index is 2.37. The molecule has 0 unspecified atom stereocenters. The van der Waals surface area contributed by atoms with E-state index in [1.165, 1.54) is 6.07 Å². The van der Waals surface area contributed by atoms with Gasteiger partial charge in [0.2, 0.25) is 0 Å². The van der Waals surface area contributed by atoms with Crippen LogP contribution in [-0.4, -0.2) is 4.98 Å². The van der Waals surface area contributed by atoms with Crippen LogP contribution in [0, 0.1) is 0 Å². The van der Waals surface area contributed by atoms with Crippen LogP contribution < -0.4 is 5.32 Å². The molecule has 1 aromatic heterocycles. The second-order valence-corrected chi connectivity index (χ2v) is 5.80. The first-order chi connectivity index (χ1) is 8.47. The molecule has 1 N–H and O–H groups in total. The Morgan fingerprint density at radius 3 is 2.39 bits per heavy atom. The van der Waals surface area contributed by atoms with Crippen LogP contribution in [0.1, 0.15) is 0 Å². The normalized spacial score (nSPS) is 10.5. The second-order valence-electron chi connectivity index (χ2n) is 3.34. The van der Waals surface area contributed by atoms with Crippen LogP contribution in [0.15, 0.2) is 28.7 Å². The van der Waals surface area contributed by atoms with E-state index < -0.39 is 0 Å². The van der Waals surface area contributed by atoms with Crippen molar-refractivity contribution in [2.45, 2.75) is 0 Å². The molecular formula is C11H5BrCl4N2. The molecule has 94 valence electrons. The molecule has 0 bridgehead atoms. The number of rotatable bonds is 2. The molecule has 0 aliphatic rings. The predicted octanol–water partition coefficient (Wildman–Crippen LogP) is 6.20. The van der Waals surface area contributed by atoms with Crippen molar-refractivity contribution in [1.82, 2.24) is 4.98 Å². The Kier molecular flexibility index (Phi) is 4.62. The van der Waals surface area contributed by atoms with Crippen LogP contribution in [0.25, 0.3) is 0 Å². The third-order valence-corrected chi connectivity index (χ3v) is 3.92. The molecule has 1 heterocycles. The fourth-order valence-corrected chi connectivity index (χ4v) is 2.58. The summed E-state index contributed by atoms with van der Waals surface area (Å²) in [6, 6.07) is 6.84. The van der Waals surface area contributed by atoms with Gasteiger partial charge in [-0.2, -0.15) is 0 Å². The lowest BCUT2D eigenvalue weighted by atomic mass is 10.3. The van der Waals surface area contributed by atoms with Crippen LogP contribution in [0.3, 0.4) is 0 Å². The van der Waals surface area contributed by atoms with Gasteiger partial charge in [0.1, 0.15) is 5.15 Å². The number of nitrogens with zero attached hydrogens (tertiary/aromatic N) is 1. The topological polar surface area (TPSA) is 24.9 Å². The van der Waals surface area contributed by atoms with Crippen molar-refractivity contribution in [3.05, 3.63) is 49.0 Å². The zero-order valence-electron chi connectivity index (χ0n) is 8.65.